The van der Waals surface area contributed by atoms with E-state index in [4.69, 9.17) is 4.74 Å². The summed E-state index contributed by atoms with van der Waals surface area (Å²) in [6.07, 6.45) is -4.47. The predicted molar refractivity (Wildman–Crippen MR) is 88.8 cm³/mol. The van der Waals surface area contributed by atoms with Gasteiger partial charge in [0.1, 0.15) is 0 Å². The number of nitrogens with one attached hydrogen (secondary N) is 1. The first-order chi connectivity index (χ1) is 11.9. The number of carbonyl (C=O) groups excluding carboxylic acids is 1. The van der Waals surface area contributed by atoms with Crippen LogP contribution in [0, 0.1) is 0 Å². The Kier molecular flexibility index (Phi) is 5.85. The van der Waals surface area contributed by atoms with Gasteiger partial charge in [0.2, 0.25) is 0 Å². The average Bonchev–Trinajstić information content (AvgIpc) is 2.61. The number of alkyl halides is 3. The number of amides is 1. The van der Waals surface area contributed by atoms with E-state index in [0.29, 0.717) is 6.42 Å². The normalized spacial score (nSPS) is 15.2. The summed E-state index contributed by atoms with van der Waals surface area (Å²) in [6, 6.07) is 15.3. The molecule has 0 aromatic heterocycles. The Morgan fingerprint density at radius 3 is 2.00 bits per heavy atom. The van der Waals surface area contributed by atoms with E-state index < -0.39 is 23.7 Å². The first kappa shape index (κ1) is 19.0. The van der Waals surface area contributed by atoms with Crippen molar-refractivity contribution < 1.29 is 22.7 Å². The zero-order valence-electron chi connectivity index (χ0n) is 14.0. The van der Waals surface area contributed by atoms with Crippen molar-refractivity contribution >= 4 is 5.91 Å². The summed E-state index contributed by atoms with van der Waals surface area (Å²) in [5.41, 5.74) is -2.58. The second-order valence-corrected chi connectivity index (χ2v) is 5.59. The number of carbonyl (C=O) groups is 1. The van der Waals surface area contributed by atoms with Crippen LogP contribution in [0.4, 0.5) is 13.2 Å². The number of halogens is 3. The van der Waals surface area contributed by atoms with Gasteiger partial charge in [0, 0.05) is 12.7 Å². The third kappa shape index (κ3) is 3.69. The monoisotopic (exact) mass is 351 g/mol. The Bertz CT molecular complexity index is 689. The molecule has 0 radical (unpaired) electrons. The molecule has 2 atom stereocenters. The fourth-order valence-electron chi connectivity index (χ4n) is 2.79. The van der Waals surface area contributed by atoms with Crippen molar-refractivity contribution in [3.05, 3.63) is 71.8 Å². The van der Waals surface area contributed by atoms with Crippen molar-refractivity contribution in [3.8, 4) is 0 Å². The first-order valence-electron chi connectivity index (χ1n) is 7.90. The van der Waals surface area contributed by atoms with Crippen LogP contribution in [0.15, 0.2) is 60.7 Å². The molecule has 0 unspecified atom stereocenters. The first-order valence-corrected chi connectivity index (χ1v) is 7.90. The van der Waals surface area contributed by atoms with Crippen LogP contribution in [0.5, 0.6) is 0 Å². The van der Waals surface area contributed by atoms with E-state index in [2.05, 4.69) is 5.32 Å². The maximum atomic E-state index is 13.9. The van der Waals surface area contributed by atoms with Crippen LogP contribution < -0.4 is 5.32 Å². The molecule has 0 saturated carbocycles. The molecule has 6 heteroatoms. The Morgan fingerprint density at radius 2 is 1.56 bits per heavy atom. The SMILES string of the molecule is CC[C@@H](NC(=O)[C@](OC)(c1ccccc1)C(F)(F)F)c1ccccc1. The van der Waals surface area contributed by atoms with Gasteiger partial charge in [-0.25, -0.2) is 0 Å². The summed E-state index contributed by atoms with van der Waals surface area (Å²) in [6.45, 7) is 1.79. The summed E-state index contributed by atoms with van der Waals surface area (Å²) in [5, 5.41) is 2.50. The molecule has 0 spiro atoms. The molecule has 3 nitrogen and oxygen atoms in total. The minimum Gasteiger partial charge on any atom is -0.356 e. The second-order valence-electron chi connectivity index (χ2n) is 5.59. The topological polar surface area (TPSA) is 38.3 Å². The van der Waals surface area contributed by atoms with Crippen LogP contribution in [0.25, 0.3) is 0 Å². The van der Waals surface area contributed by atoms with Crippen LogP contribution in [-0.2, 0) is 15.1 Å². The minimum atomic E-state index is -4.91. The molecule has 0 aliphatic rings. The highest BCUT2D eigenvalue weighted by Crippen LogP contribution is 2.42. The third-order valence-corrected chi connectivity index (χ3v) is 4.12. The lowest BCUT2D eigenvalue weighted by molar-refractivity contribution is -0.266. The fourth-order valence-corrected chi connectivity index (χ4v) is 2.79. The van der Waals surface area contributed by atoms with Crippen molar-refractivity contribution in [2.75, 3.05) is 7.11 Å². The van der Waals surface area contributed by atoms with Crippen molar-refractivity contribution in [2.45, 2.75) is 31.2 Å². The largest absolute Gasteiger partial charge is 0.430 e. The van der Waals surface area contributed by atoms with Gasteiger partial charge in [-0.05, 0) is 12.0 Å². The number of ether oxygens (including phenoxy) is 1. The van der Waals surface area contributed by atoms with Gasteiger partial charge in [-0.2, -0.15) is 13.2 Å². The lowest BCUT2D eigenvalue weighted by Crippen LogP contribution is -2.56. The minimum absolute atomic E-state index is 0.259. The van der Waals surface area contributed by atoms with Gasteiger partial charge in [-0.15, -0.1) is 0 Å². The lowest BCUT2D eigenvalue weighted by Gasteiger charge is -2.34. The number of hydrogen-bond donors (Lipinski definition) is 1. The summed E-state index contributed by atoms with van der Waals surface area (Å²) < 4.78 is 46.4. The van der Waals surface area contributed by atoms with Crippen molar-refractivity contribution in [1.29, 1.82) is 0 Å². The Labute approximate surface area is 144 Å². The van der Waals surface area contributed by atoms with Gasteiger partial charge < -0.3 is 10.1 Å². The average molecular weight is 351 g/mol. The molecule has 0 fully saturated rings. The van der Waals surface area contributed by atoms with E-state index in [1.807, 2.05) is 0 Å². The van der Waals surface area contributed by atoms with E-state index in [-0.39, 0.29) is 5.56 Å². The summed E-state index contributed by atoms with van der Waals surface area (Å²) in [4.78, 5) is 12.7. The van der Waals surface area contributed by atoms with E-state index >= 15 is 0 Å². The summed E-state index contributed by atoms with van der Waals surface area (Å²) >= 11 is 0. The number of benzene rings is 2. The van der Waals surface area contributed by atoms with Gasteiger partial charge in [-0.3, -0.25) is 4.79 Å². The fraction of sp³-hybridized carbons (Fsp3) is 0.316. The molecule has 1 N–H and O–H groups in total. The Morgan fingerprint density at radius 1 is 1.04 bits per heavy atom. The molecule has 25 heavy (non-hydrogen) atoms. The van der Waals surface area contributed by atoms with E-state index in [0.717, 1.165) is 12.7 Å². The molecular weight excluding hydrogens is 331 g/mol. The van der Waals surface area contributed by atoms with Crippen LogP contribution in [-0.4, -0.2) is 19.2 Å². The lowest BCUT2D eigenvalue weighted by atomic mass is 9.90. The zero-order valence-corrected chi connectivity index (χ0v) is 14.0. The highest BCUT2D eigenvalue weighted by molar-refractivity contribution is 5.88. The van der Waals surface area contributed by atoms with Crippen molar-refractivity contribution in [1.82, 2.24) is 5.32 Å². The summed E-state index contributed by atoms with van der Waals surface area (Å²) in [5.74, 6) is -1.23. The molecule has 1 amide bonds. The Balaban J connectivity index is 2.43. The summed E-state index contributed by atoms with van der Waals surface area (Å²) in [7, 11) is 0.892. The second kappa shape index (κ2) is 7.70. The van der Waals surface area contributed by atoms with Gasteiger partial charge in [-0.1, -0.05) is 67.6 Å². The van der Waals surface area contributed by atoms with Crippen molar-refractivity contribution in [3.63, 3.8) is 0 Å². The molecule has 2 aromatic rings. The molecule has 0 saturated heterocycles. The Hall–Kier alpha value is -2.34. The molecule has 2 rings (SSSR count). The third-order valence-electron chi connectivity index (χ3n) is 4.12. The highest BCUT2D eigenvalue weighted by atomic mass is 19.4. The molecule has 0 aliphatic heterocycles. The smallest absolute Gasteiger partial charge is 0.356 e. The van der Waals surface area contributed by atoms with Crippen LogP contribution in [0.2, 0.25) is 0 Å². The van der Waals surface area contributed by atoms with E-state index in [1.165, 1.54) is 24.3 Å². The molecule has 134 valence electrons. The number of rotatable bonds is 6. The zero-order chi connectivity index (χ0) is 18.5. The number of hydrogen-bond acceptors (Lipinski definition) is 2. The van der Waals surface area contributed by atoms with Gasteiger partial charge in [0.15, 0.2) is 0 Å². The van der Waals surface area contributed by atoms with Gasteiger partial charge in [0.05, 0.1) is 6.04 Å². The highest BCUT2D eigenvalue weighted by Gasteiger charge is 2.62. The van der Waals surface area contributed by atoms with Crippen LogP contribution in [0.3, 0.4) is 0 Å². The van der Waals surface area contributed by atoms with Gasteiger partial charge in [0.25, 0.3) is 11.5 Å². The quantitative estimate of drug-likeness (QED) is 0.840. The van der Waals surface area contributed by atoms with E-state index in [9.17, 15) is 18.0 Å². The van der Waals surface area contributed by atoms with Crippen LogP contribution >= 0.6 is 0 Å². The predicted octanol–water partition coefficient (Wildman–Crippen LogP) is 4.36. The maximum Gasteiger partial charge on any atom is 0.430 e. The molecule has 0 bridgehead atoms. The molecule has 2 aromatic carbocycles. The van der Waals surface area contributed by atoms with Crippen LogP contribution in [0.1, 0.15) is 30.5 Å². The number of methoxy groups -OCH3 is 1. The molecular formula is C19H20F3NO2. The van der Waals surface area contributed by atoms with Gasteiger partial charge >= 0.3 is 6.18 Å². The molecule has 0 heterocycles. The standard InChI is InChI=1S/C19H20F3NO2/c1-3-16(14-10-6-4-7-11-14)23-17(24)18(25-2,19(20,21)22)15-12-8-5-9-13-15/h4-13,16H,3H2,1-2H3,(H,23,24)/t16-,18-/m1/s1. The van der Waals surface area contributed by atoms with E-state index in [1.54, 1.807) is 43.3 Å². The molecule has 0 aliphatic carbocycles. The van der Waals surface area contributed by atoms with Crippen molar-refractivity contribution in [2.24, 2.45) is 0 Å². The maximum absolute atomic E-state index is 13.9.